The van der Waals surface area contributed by atoms with E-state index in [0.717, 1.165) is 0 Å². The van der Waals surface area contributed by atoms with Gasteiger partial charge in [0.2, 0.25) is 28.5 Å². The molecule has 0 spiro atoms. The number of hydrogen-bond acceptors (Lipinski definition) is 0. The summed E-state index contributed by atoms with van der Waals surface area (Å²) in [5.41, 5.74) is 27.6. The summed E-state index contributed by atoms with van der Waals surface area (Å²) < 4.78 is 10.9. The lowest BCUT2D eigenvalue weighted by molar-refractivity contribution is -0.667. The van der Waals surface area contributed by atoms with E-state index >= 15 is 0 Å². The number of rotatable bonds is 5. The molecule has 386 valence electrons. The van der Waals surface area contributed by atoms with Crippen LogP contribution in [0.15, 0.2) is 207 Å². The van der Waals surface area contributed by atoms with E-state index in [-0.39, 0.29) is 0 Å². The normalized spacial score (nSPS) is 10.4. The zero-order valence-corrected chi connectivity index (χ0v) is 48.4. The van der Waals surface area contributed by atoms with Crippen molar-refractivity contribution in [2.24, 2.45) is 35.2 Å². The van der Waals surface area contributed by atoms with E-state index in [1.165, 1.54) is 118 Å². The van der Waals surface area contributed by atoms with E-state index in [0.29, 0.717) is 0 Å². The fourth-order valence-electron chi connectivity index (χ4n) is 9.56. The number of aryl methyl sites for hydroxylation is 13. The predicted molar refractivity (Wildman–Crippen MR) is 317 cm³/mol. The summed E-state index contributed by atoms with van der Waals surface area (Å²) in [6.07, 6.45) is 8.32. The summed E-state index contributed by atoms with van der Waals surface area (Å²) in [7, 11) is 10.5. The fourth-order valence-corrected chi connectivity index (χ4v) is 9.56. The van der Waals surface area contributed by atoms with Crippen molar-refractivity contribution >= 4 is 0 Å². The van der Waals surface area contributed by atoms with Gasteiger partial charge < -0.3 is 0 Å². The second-order valence-corrected chi connectivity index (χ2v) is 20.3. The molecule has 5 aromatic heterocycles. The molecule has 0 atom stereocenters. The molecule has 5 heteroatoms. The fraction of sp³-hybridized carbons (Fsp3) is 0.225. The summed E-state index contributed by atoms with van der Waals surface area (Å²) in [5, 5.41) is 0. The molecule has 76 heavy (non-hydrogen) atoms. The van der Waals surface area contributed by atoms with E-state index < -0.39 is 0 Å². The summed E-state index contributed by atoms with van der Waals surface area (Å²) in [5.74, 6) is 0. The molecule has 10 rings (SSSR count). The smallest absolute Gasteiger partial charge is 0.201 e. The Morgan fingerprint density at radius 3 is 1.18 bits per heavy atom. The standard InChI is InChI=1S/C15H18N.4C14H16N/c1-11-9-10-15(16(4)13(11)3)14-8-6-5-7-12(14)2;1-11-7-6-8-13(12(11)2)14-9-4-5-10-15(14)3;1-11-7-6-8-12(2)14(11)13-9-4-5-10-15(13)3;1-11-7-8-13(12(2)10-11)14-6-4-5-9-15(14)3;1-11-7-8-12(2)13(10-11)14-6-4-5-9-15(14)3/h5-10H,1-4H3;4*4-10H,1-3H3/q5*+1. The highest BCUT2D eigenvalue weighted by molar-refractivity contribution is 5.66. The van der Waals surface area contributed by atoms with Crippen LogP contribution in [-0.4, -0.2) is 0 Å². The molecule has 0 saturated heterocycles. The molecule has 5 nitrogen and oxygen atoms in total. The van der Waals surface area contributed by atoms with Gasteiger partial charge in [0.25, 0.3) is 0 Å². The Bertz CT molecular complexity index is 3500. The van der Waals surface area contributed by atoms with Crippen LogP contribution in [0.5, 0.6) is 0 Å². The number of pyridine rings is 5. The van der Waals surface area contributed by atoms with Crippen LogP contribution in [0, 0.1) is 76.2 Å². The molecule has 10 aromatic rings. The Hall–Kier alpha value is -8.15. The second-order valence-electron chi connectivity index (χ2n) is 20.3. The minimum absolute atomic E-state index is 1.26. The number of aromatic nitrogens is 5. The first kappa shape index (κ1) is 57.1. The SMILES string of the molecule is Cc1ccc(-c2cccc[n+]2C)c(C)c1.Cc1ccc(C)c(-c2cccc[n+]2C)c1.Cc1cccc(-c2cccc[n+]2C)c1C.Cc1cccc(C)c1-c1cccc[n+]1C.Cc1ccccc1-c1ccc(C)c(C)[n+]1C. The third kappa shape index (κ3) is 14.6. The number of hydrogen-bond donors (Lipinski definition) is 0. The first-order valence-corrected chi connectivity index (χ1v) is 26.5. The average Bonchev–Trinajstić information content (AvgIpc) is 3.40. The molecule has 0 aliphatic carbocycles. The maximum Gasteiger partial charge on any atom is 0.212 e. The highest BCUT2D eigenvalue weighted by Gasteiger charge is 2.17. The van der Waals surface area contributed by atoms with Gasteiger partial charge in [-0.3, -0.25) is 0 Å². The van der Waals surface area contributed by atoms with Crippen LogP contribution in [0.4, 0.5) is 0 Å². The Labute approximate surface area is 456 Å². The van der Waals surface area contributed by atoms with Gasteiger partial charge in [0.05, 0.1) is 5.56 Å². The largest absolute Gasteiger partial charge is 0.212 e. The molecular formula is C71H82N5+5. The van der Waals surface area contributed by atoms with Crippen molar-refractivity contribution in [1.29, 1.82) is 0 Å². The van der Waals surface area contributed by atoms with Crippen LogP contribution in [0.25, 0.3) is 56.3 Å². The van der Waals surface area contributed by atoms with Gasteiger partial charge in [-0.25, -0.2) is 18.3 Å². The maximum absolute atomic E-state index is 2.26. The highest BCUT2D eigenvalue weighted by Crippen LogP contribution is 2.26. The molecule has 5 aromatic carbocycles. The van der Waals surface area contributed by atoms with Crippen molar-refractivity contribution < 1.29 is 22.8 Å². The van der Waals surface area contributed by atoms with Gasteiger partial charge in [-0.15, -0.1) is 0 Å². The highest BCUT2D eigenvalue weighted by atomic mass is 14.9. The van der Waals surface area contributed by atoms with E-state index in [9.17, 15) is 0 Å². The summed E-state index contributed by atoms with van der Waals surface area (Å²) in [6, 6.07) is 64.1. The maximum atomic E-state index is 2.26. The Balaban J connectivity index is 0.000000154. The van der Waals surface area contributed by atoms with Crippen molar-refractivity contribution in [1.82, 2.24) is 0 Å². The zero-order chi connectivity index (χ0) is 55.1. The molecule has 0 amide bonds. The van der Waals surface area contributed by atoms with Gasteiger partial charge in [0.15, 0.2) is 30.5 Å². The number of benzene rings is 5. The zero-order valence-electron chi connectivity index (χ0n) is 48.4. The molecule has 0 N–H and O–H groups in total. The summed E-state index contributed by atoms with van der Waals surface area (Å²) >= 11 is 0. The summed E-state index contributed by atoms with van der Waals surface area (Å²) in [6.45, 7) is 23.7. The van der Waals surface area contributed by atoms with Crippen LogP contribution < -0.4 is 22.8 Å². The lowest BCUT2D eigenvalue weighted by Crippen LogP contribution is -2.35. The quantitative estimate of drug-likeness (QED) is 0.153. The van der Waals surface area contributed by atoms with E-state index in [4.69, 9.17) is 0 Å². The first-order valence-electron chi connectivity index (χ1n) is 26.5. The van der Waals surface area contributed by atoms with Gasteiger partial charge in [-0.2, -0.15) is 4.57 Å². The third-order valence-electron chi connectivity index (χ3n) is 14.5. The van der Waals surface area contributed by atoms with Crippen molar-refractivity contribution in [2.45, 2.75) is 76.2 Å². The first-order chi connectivity index (χ1) is 36.4. The Morgan fingerprint density at radius 2 is 0.645 bits per heavy atom. The van der Waals surface area contributed by atoms with Crippen LogP contribution in [0.3, 0.4) is 0 Å². The Morgan fingerprint density at radius 1 is 0.250 bits per heavy atom. The van der Waals surface area contributed by atoms with Crippen LogP contribution >= 0.6 is 0 Å². The van der Waals surface area contributed by atoms with Gasteiger partial charge in [0, 0.05) is 89.3 Å². The predicted octanol–water partition coefficient (Wildman–Crippen LogP) is 14.3. The molecule has 0 aliphatic rings. The van der Waals surface area contributed by atoms with E-state index in [1.807, 2.05) is 6.07 Å². The molecule has 0 bridgehead atoms. The molecule has 0 saturated carbocycles. The lowest BCUT2D eigenvalue weighted by atomic mass is 9.99. The van der Waals surface area contributed by atoms with Gasteiger partial charge in [-0.05, 0) is 163 Å². The molecule has 0 radical (unpaired) electrons. The third-order valence-corrected chi connectivity index (χ3v) is 14.5. The van der Waals surface area contributed by atoms with Crippen molar-refractivity contribution in [3.05, 3.63) is 268 Å². The van der Waals surface area contributed by atoms with Crippen LogP contribution in [0.1, 0.15) is 61.3 Å². The van der Waals surface area contributed by atoms with Crippen molar-refractivity contribution in [2.75, 3.05) is 0 Å². The van der Waals surface area contributed by atoms with Gasteiger partial charge >= 0.3 is 0 Å². The molecule has 0 aliphatic heterocycles. The molecule has 0 unspecified atom stereocenters. The monoisotopic (exact) mass is 1000 g/mol. The second kappa shape index (κ2) is 26.9. The van der Waals surface area contributed by atoms with E-state index in [1.54, 1.807) is 0 Å². The van der Waals surface area contributed by atoms with Crippen LogP contribution in [0.2, 0.25) is 0 Å². The molecule has 5 heterocycles. The summed E-state index contributed by atoms with van der Waals surface area (Å²) in [4.78, 5) is 0. The minimum atomic E-state index is 1.26. The van der Waals surface area contributed by atoms with Crippen molar-refractivity contribution in [3.8, 4) is 56.3 Å². The molecule has 0 fully saturated rings. The van der Waals surface area contributed by atoms with Crippen LogP contribution in [-0.2, 0) is 35.2 Å². The van der Waals surface area contributed by atoms with Crippen molar-refractivity contribution in [3.63, 3.8) is 0 Å². The average molecular weight is 1010 g/mol. The Kier molecular flexibility index (Phi) is 20.2. The van der Waals surface area contributed by atoms with Gasteiger partial charge in [-0.1, -0.05) is 83.9 Å². The topological polar surface area (TPSA) is 19.4 Å². The molecular weight excluding hydrogens is 923 g/mol. The minimum Gasteiger partial charge on any atom is -0.201 e. The van der Waals surface area contributed by atoms with E-state index in [2.05, 4.69) is 335 Å². The lowest BCUT2D eigenvalue weighted by Gasteiger charge is -2.07. The van der Waals surface area contributed by atoms with Gasteiger partial charge in [0.1, 0.15) is 35.2 Å². The number of nitrogens with zero attached hydrogens (tertiary/aromatic N) is 5.